The van der Waals surface area contributed by atoms with E-state index in [9.17, 15) is 0 Å². The molecule has 4 nitrogen and oxygen atoms in total. The molecular weight excluding hydrogens is 306 g/mol. The molecule has 0 unspecified atom stereocenters. The molecule has 3 rings (SSSR count). The number of anilines is 2. The van der Waals surface area contributed by atoms with Crippen molar-refractivity contribution in [2.75, 3.05) is 17.7 Å². The molecule has 0 aliphatic carbocycles. The Kier molecular flexibility index (Phi) is 3.29. The van der Waals surface area contributed by atoms with Gasteiger partial charge in [0.2, 0.25) is 0 Å². The van der Waals surface area contributed by atoms with Gasteiger partial charge < -0.3 is 15.8 Å². The maximum absolute atomic E-state index is 5.69. The van der Waals surface area contributed by atoms with Crippen molar-refractivity contribution < 1.29 is 4.74 Å². The Morgan fingerprint density at radius 1 is 1.37 bits per heavy atom. The molecule has 0 radical (unpaired) electrons. The van der Waals surface area contributed by atoms with Gasteiger partial charge in [0.05, 0.1) is 6.61 Å². The van der Waals surface area contributed by atoms with E-state index in [4.69, 9.17) is 10.5 Å². The lowest BCUT2D eigenvalue weighted by Crippen LogP contribution is -2.04. The fraction of sp³-hybridized carbons (Fsp3) is 0.214. The molecule has 19 heavy (non-hydrogen) atoms. The van der Waals surface area contributed by atoms with Gasteiger partial charge in [0.15, 0.2) is 0 Å². The number of halogens is 1. The first-order valence-electron chi connectivity index (χ1n) is 6.13. The second kappa shape index (κ2) is 5.09. The van der Waals surface area contributed by atoms with Crippen LogP contribution in [0.15, 0.2) is 34.8 Å². The van der Waals surface area contributed by atoms with Crippen LogP contribution in [-0.2, 0) is 13.0 Å². The van der Waals surface area contributed by atoms with Gasteiger partial charge in [-0.05, 0) is 29.8 Å². The summed E-state index contributed by atoms with van der Waals surface area (Å²) in [5.41, 5.74) is 8.05. The van der Waals surface area contributed by atoms with Crippen LogP contribution in [0.1, 0.15) is 11.1 Å². The zero-order chi connectivity index (χ0) is 13.2. The molecule has 0 amide bonds. The van der Waals surface area contributed by atoms with Crippen molar-refractivity contribution in [3.63, 3.8) is 0 Å². The number of nitrogens with one attached hydrogen (secondary N) is 1. The van der Waals surface area contributed by atoms with Gasteiger partial charge in [0.1, 0.15) is 17.4 Å². The second-order valence-corrected chi connectivity index (χ2v) is 5.37. The van der Waals surface area contributed by atoms with E-state index in [1.54, 1.807) is 6.07 Å². The molecule has 1 aliphatic rings. The van der Waals surface area contributed by atoms with E-state index in [2.05, 4.69) is 38.4 Å². The number of fused-ring (bicyclic) bond motifs is 1. The van der Waals surface area contributed by atoms with Gasteiger partial charge in [-0.25, -0.2) is 4.98 Å². The maximum Gasteiger partial charge on any atom is 0.128 e. The first-order valence-corrected chi connectivity index (χ1v) is 6.92. The molecule has 5 heteroatoms. The highest BCUT2D eigenvalue weighted by atomic mass is 79.9. The molecule has 0 atom stereocenters. The van der Waals surface area contributed by atoms with Crippen LogP contribution in [-0.4, -0.2) is 11.6 Å². The first kappa shape index (κ1) is 12.3. The minimum Gasteiger partial charge on any atom is -0.493 e. The maximum atomic E-state index is 5.69. The molecule has 3 N–H and O–H groups in total. The Bertz CT molecular complexity index is 616. The van der Waals surface area contributed by atoms with Crippen LogP contribution in [0, 0.1) is 0 Å². The van der Waals surface area contributed by atoms with Crippen molar-refractivity contribution in [3.05, 3.63) is 45.9 Å². The molecule has 0 bridgehead atoms. The van der Waals surface area contributed by atoms with Gasteiger partial charge in [-0.1, -0.05) is 22.0 Å². The molecule has 0 saturated heterocycles. The molecule has 2 heterocycles. The van der Waals surface area contributed by atoms with Crippen molar-refractivity contribution >= 4 is 27.6 Å². The van der Waals surface area contributed by atoms with Crippen LogP contribution < -0.4 is 15.8 Å². The van der Waals surface area contributed by atoms with Crippen LogP contribution in [0.3, 0.4) is 0 Å². The number of nitrogens with zero attached hydrogens (tertiary/aromatic N) is 1. The average molecular weight is 320 g/mol. The standard InChI is InChI=1S/C14H14BrN3O/c15-11-6-9-4-5-19-14(9)10(7-11)8-17-13-3-1-2-12(16)18-13/h1-3,6-7H,4-5,8H2,(H3,16,17,18). The fourth-order valence-electron chi connectivity index (χ4n) is 2.21. The van der Waals surface area contributed by atoms with Crippen LogP contribution in [0.2, 0.25) is 0 Å². The summed E-state index contributed by atoms with van der Waals surface area (Å²) in [6.07, 6.45) is 0.971. The Morgan fingerprint density at radius 2 is 2.26 bits per heavy atom. The second-order valence-electron chi connectivity index (χ2n) is 4.45. The highest BCUT2D eigenvalue weighted by Crippen LogP contribution is 2.33. The van der Waals surface area contributed by atoms with Gasteiger partial charge in [0.25, 0.3) is 0 Å². The van der Waals surface area contributed by atoms with Crippen LogP contribution in [0.4, 0.5) is 11.6 Å². The SMILES string of the molecule is Nc1cccc(NCc2cc(Br)cc3c2OCC3)n1. The van der Waals surface area contributed by atoms with E-state index in [-0.39, 0.29) is 0 Å². The van der Waals surface area contributed by atoms with Gasteiger partial charge in [0, 0.05) is 23.0 Å². The van der Waals surface area contributed by atoms with Crippen molar-refractivity contribution in [3.8, 4) is 5.75 Å². The monoisotopic (exact) mass is 319 g/mol. The molecule has 98 valence electrons. The zero-order valence-electron chi connectivity index (χ0n) is 10.3. The van der Waals surface area contributed by atoms with E-state index >= 15 is 0 Å². The number of nitrogen functional groups attached to an aromatic ring is 1. The number of aromatic nitrogens is 1. The Labute approximate surface area is 120 Å². The zero-order valence-corrected chi connectivity index (χ0v) is 11.9. The molecular formula is C14H14BrN3O. The quantitative estimate of drug-likeness (QED) is 0.913. The van der Waals surface area contributed by atoms with Crippen LogP contribution >= 0.6 is 15.9 Å². The highest BCUT2D eigenvalue weighted by molar-refractivity contribution is 9.10. The molecule has 0 spiro atoms. The number of nitrogens with two attached hydrogens (primary N) is 1. The summed E-state index contributed by atoms with van der Waals surface area (Å²) in [7, 11) is 0. The normalized spacial score (nSPS) is 12.9. The minimum absolute atomic E-state index is 0.515. The van der Waals surface area contributed by atoms with E-state index < -0.39 is 0 Å². The van der Waals surface area contributed by atoms with E-state index in [1.807, 2.05) is 12.1 Å². The Morgan fingerprint density at radius 3 is 3.11 bits per heavy atom. The molecule has 0 fully saturated rings. The van der Waals surface area contributed by atoms with Gasteiger partial charge >= 0.3 is 0 Å². The van der Waals surface area contributed by atoms with Crippen LogP contribution in [0.25, 0.3) is 0 Å². The summed E-state index contributed by atoms with van der Waals surface area (Å²) in [4.78, 5) is 4.22. The van der Waals surface area contributed by atoms with Crippen molar-refractivity contribution in [2.45, 2.75) is 13.0 Å². The van der Waals surface area contributed by atoms with E-state index in [1.165, 1.54) is 5.56 Å². The smallest absolute Gasteiger partial charge is 0.128 e. The largest absolute Gasteiger partial charge is 0.493 e. The minimum atomic E-state index is 0.515. The third-order valence-corrected chi connectivity index (χ3v) is 3.51. The van der Waals surface area contributed by atoms with E-state index in [0.717, 1.165) is 34.6 Å². The molecule has 2 aromatic rings. The summed E-state index contributed by atoms with van der Waals surface area (Å²) in [5, 5.41) is 3.27. The average Bonchev–Trinajstić information content (AvgIpc) is 2.84. The first-order chi connectivity index (χ1) is 9.22. The predicted octanol–water partition coefficient (Wildman–Crippen LogP) is 2.97. The summed E-state index contributed by atoms with van der Waals surface area (Å²) in [6, 6.07) is 9.74. The van der Waals surface area contributed by atoms with Crippen molar-refractivity contribution in [1.29, 1.82) is 0 Å². The van der Waals surface area contributed by atoms with Gasteiger partial charge in [-0.15, -0.1) is 0 Å². The lowest BCUT2D eigenvalue weighted by molar-refractivity contribution is 0.354. The third kappa shape index (κ3) is 2.66. The lowest BCUT2D eigenvalue weighted by atomic mass is 10.1. The molecule has 1 aliphatic heterocycles. The van der Waals surface area contributed by atoms with Crippen LogP contribution in [0.5, 0.6) is 5.75 Å². The molecule has 1 aromatic heterocycles. The summed E-state index contributed by atoms with van der Waals surface area (Å²) < 4.78 is 6.77. The summed E-state index contributed by atoms with van der Waals surface area (Å²) in [6.45, 7) is 1.42. The summed E-state index contributed by atoms with van der Waals surface area (Å²) in [5.74, 6) is 2.28. The van der Waals surface area contributed by atoms with Crippen molar-refractivity contribution in [2.24, 2.45) is 0 Å². The lowest BCUT2D eigenvalue weighted by Gasteiger charge is -2.11. The number of rotatable bonds is 3. The highest BCUT2D eigenvalue weighted by Gasteiger charge is 2.17. The Balaban J connectivity index is 1.81. The van der Waals surface area contributed by atoms with Gasteiger partial charge in [-0.3, -0.25) is 0 Å². The predicted molar refractivity (Wildman–Crippen MR) is 79.3 cm³/mol. The molecule has 1 aromatic carbocycles. The fourth-order valence-corrected chi connectivity index (χ4v) is 2.77. The number of hydrogen-bond acceptors (Lipinski definition) is 4. The molecule has 0 saturated carbocycles. The topological polar surface area (TPSA) is 60.2 Å². The van der Waals surface area contributed by atoms with Gasteiger partial charge in [-0.2, -0.15) is 0 Å². The number of hydrogen-bond donors (Lipinski definition) is 2. The van der Waals surface area contributed by atoms with E-state index in [0.29, 0.717) is 12.4 Å². The van der Waals surface area contributed by atoms with Crippen molar-refractivity contribution in [1.82, 2.24) is 4.98 Å². The number of benzene rings is 1. The number of ether oxygens (including phenoxy) is 1. The Hall–Kier alpha value is -1.75. The third-order valence-electron chi connectivity index (χ3n) is 3.06. The summed E-state index contributed by atoms with van der Waals surface area (Å²) >= 11 is 3.53. The number of pyridine rings is 1.